The molecular formula is C17H33N5O5. The number of hydrogen-bond donors (Lipinski definition) is 5. The van der Waals surface area contributed by atoms with Crippen LogP contribution in [0, 0.1) is 5.92 Å². The van der Waals surface area contributed by atoms with Gasteiger partial charge in [-0.1, -0.05) is 13.8 Å². The largest absolute Gasteiger partial charge is 0.480 e. The first-order valence-electron chi connectivity index (χ1n) is 9.02. The lowest BCUT2D eigenvalue weighted by Crippen LogP contribution is -2.52. The van der Waals surface area contributed by atoms with Crippen LogP contribution in [0.2, 0.25) is 0 Å². The van der Waals surface area contributed by atoms with Crippen molar-refractivity contribution >= 4 is 23.7 Å². The first kappa shape index (κ1) is 24.8. The summed E-state index contributed by atoms with van der Waals surface area (Å²) >= 11 is 0. The fraction of sp³-hybridized carbons (Fsp3) is 0.765. The number of amides is 3. The number of carboxylic acid groups (broad SMARTS) is 1. The van der Waals surface area contributed by atoms with Crippen molar-refractivity contribution in [3.8, 4) is 0 Å². The molecular weight excluding hydrogens is 354 g/mol. The molecule has 0 saturated heterocycles. The summed E-state index contributed by atoms with van der Waals surface area (Å²) in [6, 6.07) is -1.81. The molecule has 0 aliphatic carbocycles. The van der Waals surface area contributed by atoms with Crippen molar-refractivity contribution < 1.29 is 24.3 Å². The summed E-state index contributed by atoms with van der Waals surface area (Å²) in [4.78, 5) is 49.0. The molecule has 156 valence electrons. The molecule has 0 aliphatic rings. The van der Waals surface area contributed by atoms with Gasteiger partial charge in [-0.05, 0) is 45.8 Å². The maximum Gasteiger partial charge on any atom is 0.326 e. The van der Waals surface area contributed by atoms with Crippen molar-refractivity contribution in [3.05, 3.63) is 0 Å². The summed E-state index contributed by atoms with van der Waals surface area (Å²) in [6.45, 7) is 3.59. The zero-order chi connectivity index (χ0) is 21.0. The molecule has 0 radical (unpaired) electrons. The summed E-state index contributed by atoms with van der Waals surface area (Å²) in [7, 11) is 3.47. The lowest BCUT2D eigenvalue weighted by atomic mass is 10.0. The van der Waals surface area contributed by atoms with Gasteiger partial charge in [0.25, 0.3) is 0 Å². The fourth-order valence-corrected chi connectivity index (χ4v) is 2.32. The standard InChI is InChI=1S/C17H33N5O5/c1-11(2)15(17(26)27)21-13(23)9-19-16(25)12(7-5-6-8-18)20-14(24)10-22(3)4/h11-12,15H,5-10,18H2,1-4H3,(H,19,25)(H,20,24)(H,21,23)(H,26,27). The highest BCUT2D eigenvalue weighted by atomic mass is 16.4. The normalized spacial score (nSPS) is 13.1. The third-order valence-electron chi connectivity index (χ3n) is 3.73. The highest BCUT2D eigenvalue weighted by molar-refractivity contribution is 5.91. The Balaban J connectivity index is 4.70. The molecule has 27 heavy (non-hydrogen) atoms. The van der Waals surface area contributed by atoms with E-state index in [2.05, 4.69) is 16.0 Å². The SMILES string of the molecule is CC(C)C(NC(=O)CNC(=O)C(CCCCN)NC(=O)CN(C)C)C(=O)O. The minimum absolute atomic E-state index is 0.135. The first-order chi connectivity index (χ1) is 12.6. The van der Waals surface area contributed by atoms with Gasteiger partial charge in [0.2, 0.25) is 17.7 Å². The van der Waals surface area contributed by atoms with Crippen molar-refractivity contribution in [1.82, 2.24) is 20.9 Å². The second kappa shape index (κ2) is 13.0. The topological polar surface area (TPSA) is 154 Å². The minimum atomic E-state index is -1.14. The van der Waals surface area contributed by atoms with Crippen LogP contribution in [0.1, 0.15) is 33.1 Å². The minimum Gasteiger partial charge on any atom is -0.480 e. The first-order valence-corrected chi connectivity index (χ1v) is 9.02. The van der Waals surface area contributed by atoms with Gasteiger partial charge in [0.05, 0.1) is 13.1 Å². The molecule has 0 aliphatic heterocycles. The van der Waals surface area contributed by atoms with Gasteiger partial charge >= 0.3 is 5.97 Å². The number of aliphatic carboxylic acids is 1. The van der Waals surface area contributed by atoms with Crippen molar-refractivity contribution in [2.24, 2.45) is 11.7 Å². The van der Waals surface area contributed by atoms with E-state index in [9.17, 15) is 19.2 Å². The van der Waals surface area contributed by atoms with E-state index in [0.717, 1.165) is 0 Å². The summed E-state index contributed by atoms with van der Waals surface area (Å²) in [6.07, 6.45) is 1.76. The number of likely N-dealkylation sites (N-methyl/N-ethyl adjacent to an activating group) is 1. The summed E-state index contributed by atoms with van der Waals surface area (Å²) < 4.78 is 0. The molecule has 0 rings (SSSR count). The van der Waals surface area contributed by atoms with Gasteiger partial charge in [-0.15, -0.1) is 0 Å². The van der Waals surface area contributed by atoms with Crippen LogP contribution in [0.3, 0.4) is 0 Å². The predicted octanol–water partition coefficient (Wildman–Crippen LogP) is -1.50. The van der Waals surface area contributed by atoms with E-state index in [4.69, 9.17) is 10.8 Å². The lowest BCUT2D eigenvalue weighted by Gasteiger charge is -2.21. The third kappa shape index (κ3) is 11.2. The molecule has 2 unspecified atom stereocenters. The molecule has 2 atom stereocenters. The van der Waals surface area contributed by atoms with Gasteiger partial charge in [0.15, 0.2) is 0 Å². The van der Waals surface area contributed by atoms with E-state index in [1.54, 1.807) is 32.8 Å². The number of nitrogens with one attached hydrogen (secondary N) is 3. The van der Waals surface area contributed by atoms with Crippen LogP contribution in [0.4, 0.5) is 0 Å². The average Bonchev–Trinajstić information content (AvgIpc) is 2.55. The monoisotopic (exact) mass is 387 g/mol. The molecule has 0 aromatic carbocycles. The van der Waals surface area contributed by atoms with E-state index in [1.165, 1.54) is 0 Å². The van der Waals surface area contributed by atoms with Crippen molar-refractivity contribution in [1.29, 1.82) is 0 Å². The van der Waals surface area contributed by atoms with Crippen LogP contribution in [0.25, 0.3) is 0 Å². The Morgan fingerprint density at radius 3 is 2.15 bits per heavy atom. The van der Waals surface area contributed by atoms with Gasteiger partial charge < -0.3 is 31.7 Å². The van der Waals surface area contributed by atoms with Crippen LogP contribution in [-0.4, -0.2) is 79.5 Å². The molecule has 0 aromatic rings. The number of carboxylic acids is 1. The zero-order valence-electron chi connectivity index (χ0n) is 16.6. The highest BCUT2D eigenvalue weighted by Gasteiger charge is 2.25. The highest BCUT2D eigenvalue weighted by Crippen LogP contribution is 2.02. The van der Waals surface area contributed by atoms with Gasteiger partial charge in [-0.2, -0.15) is 0 Å². The number of nitrogens with zero attached hydrogens (tertiary/aromatic N) is 1. The maximum absolute atomic E-state index is 12.3. The van der Waals surface area contributed by atoms with E-state index in [0.29, 0.717) is 25.8 Å². The Morgan fingerprint density at radius 1 is 1.04 bits per heavy atom. The number of carbonyl (C=O) groups excluding carboxylic acids is 3. The predicted molar refractivity (Wildman–Crippen MR) is 101 cm³/mol. The van der Waals surface area contributed by atoms with E-state index in [1.807, 2.05) is 0 Å². The van der Waals surface area contributed by atoms with Crippen molar-refractivity contribution in [2.45, 2.75) is 45.2 Å². The summed E-state index contributed by atoms with van der Waals surface area (Å²) in [5.41, 5.74) is 5.46. The molecule has 0 fully saturated rings. The average molecular weight is 387 g/mol. The van der Waals surface area contributed by atoms with E-state index >= 15 is 0 Å². The molecule has 0 heterocycles. The lowest BCUT2D eigenvalue weighted by molar-refractivity contribution is -0.143. The number of unbranched alkanes of at least 4 members (excludes halogenated alkanes) is 1. The Kier molecular flexibility index (Phi) is 12.0. The van der Waals surface area contributed by atoms with E-state index in [-0.39, 0.29) is 24.9 Å². The molecule has 6 N–H and O–H groups in total. The van der Waals surface area contributed by atoms with Crippen LogP contribution in [0.5, 0.6) is 0 Å². The smallest absolute Gasteiger partial charge is 0.326 e. The van der Waals surface area contributed by atoms with Gasteiger partial charge in [0, 0.05) is 0 Å². The number of hydrogen-bond acceptors (Lipinski definition) is 6. The summed E-state index contributed by atoms with van der Waals surface area (Å²) in [5, 5.41) is 16.5. The van der Waals surface area contributed by atoms with E-state index < -0.39 is 29.9 Å². The number of carbonyl (C=O) groups is 4. The molecule has 0 bridgehead atoms. The Hall–Kier alpha value is -2.20. The summed E-state index contributed by atoms with van der Waals surface area (Å²) in [5.74, 6) is -2.84. The fourth-order valence-electron chi connectivity index (χ4n) is 2.32. The van der Waals surface area contributed by atoms with Crippen LogP contribution in [0.15, 0.2) is 0 Å². The Bertz CT molecular complexity index is 510. The maximum atomic E-state index is 12.3. The second-order valence-corrected chi connectivity index (χ2v) is 6.99. The third-order valence-corrected chi connectivity index (χ3v) is 3.73. The molecule has 0 aromatic heterocycles. The molecule has 10 nitrogen and oxygen atoms in total. The van der Waals surface area contributed by atoms with Crippen LogP contribution in [-0.2, 0) is 19.2 Å². The van der Waals surface area contributed by atoms with Crippen molar-refractivity contribution in [3.63, 3.8) is 0 Å². The molecule has 3 amide bonds. The van der Waals surface area contributed by atoms with Crippen LogP contribution < -0.4 is 21.7 Å². The molecule has 10 heteroatoms. The molecule has 0 saturated carbocycles. The second-order valence-electron chi connectivity index (χ2n) is 6.99. The van der Waals surface area contributed by atoms with Gasteiger partial charge in [0.1, 0.15) is 12.1 Å². The zero-order valence-corrected chi connectivity index (χ0v) is 16.6. The quantitative estimate of drug-likeness (QED) is 0.241. The molecule has 0 spiro atoms. The van der Waals surface area contributed by atoms with Gasteiger partial charge in [-0.3, -0.25) is 14.4 Å². The Morgan fingerprint density at radius 2 is 1.67 bits per heavy atom. The van der Waals surface area contributed by atoms with Crippen molar-refractivity contribution in [2.75, 3.05) is 33.7 Å². The Labute approximate surface area is 160 Å². The number of nitrogens with two attached hydrogens (primary N) is 1. The number of rotatable bonds is 13. The van der Waals surface area contributed by atoms with Gasteiger partial charge in [-0.25, -0.2) is 4.79 Å². The van der Waals surface area contributed by atoms with Crippen LogP contribution >= 0.6 is 0 Å².